The molecule has 400 valence electrons. The molecule has 0 aromatic rings. The molecule has 0 aromatic heterocycles. The lowest BCUT2D eigenvalue weighted by Gasteiger charge is -2.20. The zero-order valence-corrected chi connectivity index (χ0v) is 45.6. The Morgan fingerprint density at radius 1 is 0.412 bits per heavy atom. The van der Waals surface area contributed by atoms with Gasteiger partial charge in [-0.05, 0) is 64.2 Å². The highest BCUT2D eigenvalue weighted by Crippen LogP contribution is 2.17. The number of aliphatic hydroxyl groups is 2. The molecule has 0 aliphatic rings. The van der Waals surface area contributed by atoms with Gasteiger partial charge in [0, 0.05) is 12.8 Å². The maximum atomic E-state index is 12.4. The highest BCUT2D eigenvalue weighted by atomic mass is 16.5. The van der Waals surface area contributed by atoms with Gasteiger partial charge in [-0.15, -0.1) is 0 Å². The first-order chi connectivity index (χ1) is 33.5. The molecule has 0 spiro atoms. The van der Waals surface area contributed by atoms with Gasteiger partial charge >= 0.3 is 5.97 Å². The number of allylic oxidation sites excluding steroid dienone is 5. The summed E-state index contributed by atoms with van der Waals surface area (Å²) in [6.07, 6.45) is 71.9. The summed E-state index contributed by atoms with van der Waals surface area (Å²) in [5.41, 5.74) is 0. The van der Waals surface area contributed by atoms with Gasteiger partial charge in [0.05, 0.1) is 25.4 Å². The van der Waals surface area contributed by atoms with E-state index >= 15 is 0 Å². The van der Waals surface area contributed by atoms with Crippen molar-refractivity contribution in [1.29, 1.82) is 0 Å². The molecule has 3 N–H and O–H groups in total. The molecule has 0 aromatic carbocycles. The van der Waals surface area contributed by atoms with Crippen LogP contribution in [0.1, 0.15) is 322 Å². The van der Waals surface area contributed by atoms with Crippen LogP contribution in [-0.2, 0) is 14.3 Å². The number of rotatable bonds is 56. The molecule has 0 heterocycles. The molecular weight excluding hydrogens is 839 g/mol. The van der Waals surface area contributed by atoms with Crippen LogP contribution in [0.15, 0.2) is 36.5 Å². The molecule has 0 saturated carbocycles. The third-order valence-electron chi connectivity index (χ3n) is 13.9. The Kier molecular flexibility index (Phi) is 56.0. The van der Waals surface area contributed by atoms with Crippen molar-refractivity contribution in [2.24, 2.45) is 0 Å². The number of hydrogen-bond acceptors (Lipinski definition) is 5. The highest BCUT2D eigenvalue weighted by Gasteiger charge is 2.18. The molecule has 0 fully saturated rings. The van der Waals surface area contributed by atoms with Crippen LogP contribution in [0.2, 0.25) is 0 Å². The number of hydrogen-bond donors (Lipinski definition) is 3. The first-order valence-corrected chi connectivity index (χ1v) is 30.3. The standard InChI is InChI=1S/C62H117NO5/c1-3-5-7-9-11-13-34-38-42-46-50-54-60(65)59(58-64)63-61(66)55-51-47-43-39-36-32-30-28-26-24-22-20-18-16-15-17-19-21-23-25-27-29-31-33-37-41-45-49-53-57-68-62(67)56-52-48-44-40-35-14-12-10-8-6-4-2/h15,17,21,23,50,54,59-60,64-65H,3-14,16,18-20,22,24-49,51-53,55-58H2,1-2H3,(H,63,66)/b17-15-,23-21-,54-50+. The van der Waals surface area contributed by atoms with Crippen molar-refractivity contribution in [1.82, 2.24) is 5.32 Å². The third kappa shape index (κ3) is 53.4. The Hall–Kier alpha value is -1.92. The summed E-state index contributed by atoms with van der Waals surface area (Å²) < 4.78 is 5.46. The van der Waals surface area contributed by atoms with Crippen molar-refractivity contribution >= 4 is 11.9 Å². The van der Waals surface area contributed by atoms with Gasteiger partial charge in [-0.25, -0.2) is 0 Å². The number of carbonyl (C=O) groups is 2. The van der Waals surface area contributed by atoms with Crippen LogP contribution in [0.4, 0.5) is 0 Å². The molecule has 2 atom stereocenters. The van der Waals surface area contributed by atoms with Crippen LogP contribution >= 0.6 is 0 Å². The first-order valence-electron chi connectivity index (χ1n) is 30.3. The van der Waals surface area contributed by atoms with Crippen molar-refractivity contribution in [3.05, 3.63) is 36.5 Å². The second-order valence-electron chi connectivity index (χ2n) is 20.7. The van der Waals surface area contributed by atoms with Crippen LogP contribution in [0.25, 0.3) is 0 Å². The molecule has 0 bridgehead atoms. The summed E-state index contributed by atoms with van der Waals surface area (Å²) in [5, 5.41) is 23.0. The summed E-state index contributed by atoms with van der Waals surface area (Å²) >= 11 is 0. The SMILES string of the molecule is CCCCCCCCCCC/C=C/C(O)C(CO)NC(=O)CCCCCCCCCCCCCCC/C=C\C/C=C\CCCCCCCCCCCOC(=O)CCCCCCCCCCCCC. The fourth-order valence-corrected chi connectivity index (χ4v) is 9.25. The maximum Gasteiger partial charge on any atom is 0.305 e. The maximum absolute atomic E-state index is 12.4. The molecule has 6 heteroatoms. The Balaban J connectivity index is 3.41. The molecule has 0 rings (SSSR count). The topological polar surface area (TPSA) is 95.9 Å². The summed E-state index contributed by atoms with van der Waals surface area (Å²) in [5.74, 6) is -0.0588. The predicted octanol–water partition coefficient (Wildman–Crippen LogP) is 18.8. The van der Waals surface area contributed by atoms with Gasteiger partial charge in [0.2, 0.25) is 5.91 Å². The fourth-order valence-electron chi connectivity index (χ4n) is 9.25. The van der Waals surface area contributed by atoms with E-state index in [1.54, 1.807) is 6.08 Å². The lowest BCUT2D eigenvalue weighted by atomic mass is 10.0. The van der Waals surface area contributed by atoms with Crippen molar-refractivity contribution in [3.63, 3.8) is 0 Å². The van der Waals surface area contributed by atoms with E-state index in [4.69, 9.17) is 4.74 Å². The van der Waals surface area contributed by atoms with Gasteiger partial charge in [0.1, 0.15) is 0 Å². The lowest BCUT2D eigenvalue weighted by Crippen LogP contribution is -2.45. The number of amides is 1. The van der Waals surface area contributed by atoms with Gasteiger partial charge < -0.3 is 20.3 Å². The van der Waals surface area contributed by atoms with Crippen molar-refractivity contribution in [2.45, 2.75) is 334 Å². The molecule has 6 nitrogen and oxygen atoms in total. The van der Waals surface area contributed by atoms with E-state index in [1.165, 1.54) is 250 Å². The van der Waals surface area contributed by atoms with E-state index in [0.717, 1.165) is 44.9 Å². The van der Waals surface area contributed by atoms with E-state index in [9.17, 15) is 19.8 Å². The van der Waals surface area contributed by atoms with E-state index in [0.29, 0.717) is 19.4 Å². The monoisotopic (exact) mass is 956 g/mol. The zero-order chi connectivity index (χ0) is 49.3. The summed E-state index contributed by atoms with van der Waals surface area (Å²) in [7, 11) is 0. The van der Waals surface area contributed by atoms with Gasteiger partial charge in [-0.1, -0.05) is 281 Å². The molecule has 0 aliphatic carbocycles. The van der Waals surface area contributed by atoms with Crippen LogP contribution in [0, 0.1) is 0 Å². The van der Waals surface area contributed by atoms with Gasteiger partial charge in [0.15, 0.2) is 0 Å². The van der Waals surface area contributed by atoms with Gasteiger partial charge in [-0.3, -0.25) is 9.59 Å². The molecule has 0 saturated heterocycles. The average Bonchev–Trinajstić information content (AvgIpc) is 3.34. The van der Waals surface area contributed by atoms with Crippen LogP contribution in [0.3, 0.4) is 0 Å². The summed E-state index contributed by atoms with van der Waals surface area (Å²) in [6, 6.07) is -0.627. The second kappa shape index (κ2) is 57.7. The Labute approximate surface area is 424 Å². The van der Waals surface area contributed by atoms with E-state index in [1.807, 2.05) is 6.08 Å². The van der Waals surface area contributed by atoms with E-state index in [-0.39, 0.29) is 18.5 Å². The fraction of sp³-hybridized carbons (Fsp3) is 0.871. The summed E-state index contributed by atoms with van der Waals surface area (Å²) in [6.45, 7) is 4.89. The van der Waals surface area contributed by atoms with Gasteiger partial charge in [0.25, 0.3) is 0 Å². The molecule has 68 heavy (non-hydrogen) atoms. The zero-order valence-electron chi connectivity index (χ0n) is 45.6. The highest BCUT2D eigenvalue weighted by molar-refractivity contribution is 5.76. The second-order valence-corrected chi connectivity index (χ2v) is 20.7. The molecule has 0 radical (unpaired) electrons. The number of carbonyl (C=O) groups excluding carboxylic acids is 2. The van der Waals surface area contributed by atoms with Crippen LogP contribution < -0.4 is 5.32 Å². The number of aliphatic hydroxyl groups excluding tert-OH is 2. The molecular formula is C62H117NO5. The minimum Gasteiger partial charge on any atom is -0.466 e. The number of nitrogens with one attached hydrogen (secondary N) is 1. The van der Waals surface area contributed by atoms with Crippen LogP contribution in [-0.4, -0.2) is 47.4 Å². The minimum absolute atomic E-state index is 0.0111. The van der Waals surface area contributed by atoms with Crippen molar-refractivity contribution in [3.8, 4) is 0 Å². The molecule has 1 amide bonds. The number of esters is 1. The number of unbranched alkanes of at least 4 members (excludes halogenated alkanes) is 41. The van der Waals surface area contributed by atoms with E-state index in [2.05, 4.69) is 43.5 Å². The minimum atomic E-state index is -0.843. The Bertz CT molecular complexity index is 1100. The van der Waals surface area contributed by atoms with Crippen molar-refractivity contribution in [2.75, 3.05) is 13.2 Å². The van der Waals surface area contributed by atoms with Crippen molar-refractivity contribution < 1.29 is 24.5 Å². The van der Waals surface area contributed by atoms with Crippen LogP contribution in [0.5, 0.6) is 0 Å². The first kappa shape index (κ1) is 66.1. The largest absolute Gasteiger partial charge is 0.466 e. The smallest absolute Gasteiger partial charge is 0.305 e. The third-order valence-corrected chi connectivity index (χ3v) is 13.9. The normalized spacial score (nSPS) is 12.8. The van der Waals surface area contributed by atoms with E-state index < -0.39 is 12.1 Å². The number of ether oxygens (including phenoxy) is 1. The molecule has 2 unspecified atom stereocenters. The molecule has 0 aliphatic heterocycles. The Morgan fingerprint density at radius 3 is 1.12 bits per heavy atom. The predicted molar refractivity (Wildman–Crippen MR) is 296 cm³/mol. The quantitative estimate of drug-likeness (QED) is 0.0321. The van der Waals surface area contributed by atoms with Gasteiger partial charge in [-0.2, -0.15) is 0 Å². The average molecular weight is 957 g/mol. The Morgan fingerprint density at radius 2 is 0.735 bits per heavy atom. The summed E-state index contributed by atoms with van der Waals surface area (Å²) in [4.78, 5) is 24.4. The lowest BCUT2D eigenvalue weighted by molar-refractivity contribution is -0.143.